The van der Waals surface area contributed by atoms with Crippen LogP contribution in [0.3, 0.4) is 0 Å². The van der Waals surface area contributed by atoms with Crippen molar-refractivity contribution in [2.24, 2.45) is 0 Å². The largest absolute Gasteiger partial charge is 0.350 e. The summed E-state index contributed by atoms with van der Waals surface area (Å²) in [6.07, 6.45) is 0.284. The van der Waals surface area contributed by atoms with Crippen LogP contribution in [0.4, 0.5) is 5.69 Å². The number of nitrogens with one attached hydrogen (secondary N) is 1. The number of carbonyl (C=O) groups is 2. The molecular weight excluding hydrogens is 605 g/mol. The number of amides is 2. The van der Waals surface area contributed by atoms with Crippen LogP contribution in [0.5, 0.6) is 0 Å². The Morgan fingerprint density at radius 1 is 0.902 bits per heavy atom. The van der Waals surface area contributed by atoms with E-state index in [1.807, 2.05) is 27.7 Å². The Bertz CT molecular complexity index is 1510. The first-order valence-electron chi connectivity index (χ1n) is 13.0. The van der Waals surface area contributed by atoms with Crippen LogP contribution < -0.4 is 9.62 Å². The van der Waals surface area contributed by atoms with Gasteiger partial charge in [-0.15, -0.1) is 0 Å². The van der Waals surface area contributed by atoms with Gasteiger partial charge in [0.1, 0.15) is 12.6 Å². The number of hydrogen-bond donors (Lipinski definition) is 1. The van der Waals surface area contributed by atoms with Gasteiger partial charge >= 0.3 is 0 Å². The van der Waals surface area contributed by atoms with Crippen LogP contribution in [0.1, 0.15) is 45.2 Å². The molecule has 0 unspecified atom stereocenters. The van der Waals surface area contributed by atoms with Crippen molar-refractivity contribution in [1.29, 1.82) is 0 Å². The van der Waals surface area contributed by atoms with Crippen LogP contribution in [0, 0.1) is 6.92 Å². The third kappa shape index (κ3) is 8.38. The van der Waals surface area contributed by atoms with Crippen molar-refractivity contribution in [3.63, 3.8) is 0 Å². The highest BCUT2D eigenvalue weighted by molar-refractivity contribution is 7.92. The quantitative estimate of drug-likeness (QED) is 0.263. The molecule has 0 heterocycles. The summed E-state index contributed by atoms with van der Waals surface area (Å²) in [5.74, 6) is -0.957. The average molecular weight is 639 g/mol. The Balaban J connectivity index is 2.10. The van der Waals surface area contributed by atoms with E-state index in [0.29, 0.717) is 15.6 Å². The maximum absolute atomic E-state index is 14.1. The van der Waals surface area contributed by atoms with E-state index < -0.39 is 34.1 Å². The van der Waals surface area contributed by atoms with E-state index in [-0.39, 0.29) is 34.5 Å². The summed E-state index contributed by atoms with van der Waals surface area (Å²) in [6.45, 7) is 8.56. The highest BCUT2D eigenvalue weighted by Crippen LogP contribution is 2.31. The molecule has 0 radical (unpaired) electrons. The molecule has 0 aliphatic heterocycles. The molecule has 3 aromatic rings. The number of rotatable bonds is 10. The first-order chi connectivity index (χ1) is 19.1. The van der Waals surface area contributed by atoms with Gasteiger partial charge in [-0.2, -0.15) is 0 Å². The zero-order chi connectivity index (χ0) is 30.5. The third-order valence-electron chi connectivity index (χ3n) is 6.23. The van der Waals surface area contributed by atoms with Gasteiger partial charge in [-0.25, -0.2) is 8.42 Å². The summed E-state index contributed by atoms with van der Waals surface area (Å²) in [6, 6.07) is 16.8. The summed E-state index contributed by atoms with van der Waals surface area (Å²) < 4.78 is 28.9. The van der Waals surface area contributed by atoms with Crippen molar-refractivity contribution in [1.82, 2.24) is 10.2 Å². The zero-order valence-corrected chi connectivity index (χ0v) is 26.7. The van der Waals surface area contributed by atoms with Crippen LogP contribution in [0.25, 0.3) is 0 Å². The summed E-state index contributed by atoms with van der Waals surface area (Å²) in [5, 5.41) is 3.73. The molecule has 0 fully saturated rings. The number of para-hydroxylation sites is 1. The lowest BCUT2D eigenvalue weighted by Crippen LogP contribution is -2.55. The minimum absolute atomic E-state index is 0.00405. The van der Waals surface area contributed by atoms with Gasteiger partial charge in [0.05, 0.1) is 25.7 Å². The van der Waals surface area contributed by atoms with Crippen molar-refractivity contribution in [2.45, 2.75) is 64.1 Å². The van der Waals surface area contributed by atoms with Crippen LogP contribution in [-0.2, 0) is 26.2 Å². The number of nitrogens with zero attached hydrogens (tertiary/aromatic N) is 2. The number of halogens is 3. The number of benzene rings is 3. The van der Waals surface area contributed by atoms with Gasteiger partial charge in [0.2, 0.25) is 11.8 Å². The number of sulfonamides is 1. The molecule has 0 aromatic heterocycles. The molecule has 0 aliphatic carbocycles. The lowest BCUT2D eigenvalue weighted by atomic mass is 10.1. The Kier molecular flexibility index (Phi) is 10.7. The Morgan fingerprint density at radius 2 is 1.54 bits per heavy atom. The van der Waals surface area contributed by atoms with Crippen LogP contribution in [0.2, 0.25) is 15.1 Å². The minimum Gasteiger partial charge on any atom is -0.350 e. The Morgan fingerprint density at radius 3 is 2.10 bits per heavy atom. The first-order valence-corrected chi connectivity index (χ1v) is 15.6. The number of aryl methyl sites for hydroxylation is 1. The highest BCUT2D eigenvalue weighted by atomic mass is 35.5. The smallest absolute Gasteiger partial charge is 0.264 e. The molecule has 0 spiro atoms. The van der Waals surface area contributed by atoms with Gasteiger partial charge in [0.15, 0.2) is 0 Å². The fourth-order valence-electron chi connectivity index (χ4n) is 4.21. The van der Waals surface area contributed by atoms with Crippen molar-refractivity contribution < 1.29 is 18.0 Å². The molecule has 0 bridgehead atoms. The molecule has 0 saturated carbocycles. The van der Waals surface area contributed by atoms with Crippen molar-refractivity contribution in [3.8, 4) is 0 Å². The lowest BCUT2D eigenvalue weighted by molar-refractivity contribution is -0.141. The molecule has 41 heavy (non-hydrogen) atoms. The van der Waals surface area contributed by atoms with E-state index in [0.717, 1.165) is 9.87 Å². The summed E-state index contributed by atoms with van der Waals surface area (Å²) in [5.41, 5.74) is 1.10. The van der Waals surface area contributed by atoms with E-state index in [1.54, 1.807) is 55.5 Å². The maximum Gasteiger partial charge on any atom is 0.264 e. The molecule has 3 aromatic carbocycles. The SMILES string of the molecule is CC[C@H](C(=O)NC(C)(C)C)N(Cc1ccc(Cl)c(Cl)c1)C(=O)CN(c1ccccc1Cl)S(=O)(=O)c1ccc(C)cc1. The van der Waals surface area contributed by atoms with Gasteiger partial charge in [-0.3, -0.25) is 13.9 Å². The summed E-state index contributed by atoms with van der Waals surface area (Å²) >= 11 is 18.8. The highest BCUT2D eigenvalue weighted by Gasteiger charge is 2.35. The maximum atomic E-state index is 14.1. The van der Waals surface area contributed by atoms with Crippen LogP contribution in [0.15, 0.2) is 71.6 Å². The lowest BCUT2D eigenvalue weighted by Gasteiger charge is -2.35. The van der Waals surface area contributed by atoms with E-state index in [1.165, 1.54) is 23.1 Å². The molecular formula is C30H34Cl3N3O4S. The molecule has 11 heteroatoms. The second-order valence-corrected chi connectivity index (χ2v) is 13.8. The molecule has 1 N–H and O–H groups in total. The fraction of sp³-hybridized carbons (Fsp3) is 0.333. The molecule has 7 nitrogen and oxygen atoms in total. The number of carbonyl (C=O) groups excluding carboxylic acids is 2. The van der Waals surface area contributed by atoms with Crippen molar-refractivity contribution in [2.75, 3.05) is 10.8 Å². The molecule has 1 atom stereocenters. The van der Waals surface area contributed by atoms with Crippen LogP contribution in [-0.4, -0.2) is 43.3 Å². The Hall–Kier alpha value is -2.78. The van der Waals surface area contributed by atoms with E-state index in [9.17, 15) is 18.0 Å². The number of anilines is 1. The van der Waals surface area contributed by atoms with Gasteiger partial charge < -0.3 is 10.2 Å². The summed E-state index contributed by atoms with van der Waals surface area (Å²) in [4.78, 5) is 28.9. The predicted octanol–water partition coefficient (Wildman–Crippen LogP) is 6.87. The molecule has 0 saturated heterocycles. The van der Waals surface area contributed by atoms with Gasteiger partial charge in [0.25, 0.3) is 10.0 Å². The predicted molar refractivity (Wildman–Crippen MR) is 166 cm³/mol. The first kappa shape index (κ1) is 32.7. The fourth-order valence-corrected chi connectivity index (χ4v) is 6.25. The zero-order valence-electron chi connectivity index (χ0n) is 23.6. The average Bonchev–Trinajstić information content (AvgIpc) is 2.88. The normalized spacial score (nSPS) is 12.5. The van der Waals surface area contributed by atoms with E-state index >= 15 is 0 Å². The van der Waals surface area contributed by atoms with Gasteiger partial charge in [0, 0.05) is 12.1 Å². The summed E-state index contributed by atoms with van der Waals surface area (Å²) in [7, 11) is -4.23. The van der Waals surface area contributed by atoms with Crippen molar-refractivity contribution in [3.05, 3.63) is 92.9 Å². The molecule has 220 valence electrons. The topological polar surface area (TPSA) is 86.8 Å². The Labute approximate surface area is 257 Å². The monoisotopic (exact) mass is 637 g/mol. The van der Waals surface area contributed by atoms with E-state index in [2.05, 4.69) is 5.32 Å². The second kappa shape index (κ2) is 13.5. The standard InChI is InChI=1S/C30H34Cl3N3O4S/c1-6-26(29(38)34-30(3,4)5)35(18-21-13-16-23(31)25(33)17-21)28(37)19-36(27-10-8-7-9-24(27)32)41(39,40)22-14-11-20(2)12-15-22/h7-17,26H,6,18-19H2,1-5H3,(H,34,38)/t26-/m1/s1. The van der Waals surface area contributed by atoms with Gasteiger partial charge in [-0.05, 0) is 76.1 Å². The third-order valence-corrected chi connectivity index (χ3v) is 9.06. The molecule has 0 aliphatic rings. The second-order valence-electron chi connectivity index (χ2n) is 10.7. The molecule has 2 amide bonds. The van der Waals surface area contributed by atoms with Gasteiger partial charge in [-0.1, -0.05) is 77.6 Å². The molecule has 3 rings (SSSR count). The van der Waals surface area contributed by atoms with Crippen molar-refractivity contribution >= 4 is 62.3 Å². The van der Waals surface area contributed by atoms with E-state index in [4.69, 9.17) is 34.8 Å². The minimum atomic E-state index is -4.23. The number of hydrogen-bond acceptors (Lipinski definition) is 4. The van der Waals surface area contributed by atoms with Crippen LogP contribution >= 0.6 is 34.8 Å².